The van der Waals surface area contributed by atoms with E-state index >= 15 is 0 Å². The van der Waals surface area contributed by atoms with Gasteiger partial charge < -0.3 is 10.2 Å². The van der Waals surface area contributed by atoms with Crippen LogP contribution in [0.1, 0.15) is 44.4 Å². The van der Waals surface area contributed by atoms with Crippen LogP contribution >= 0.6 is 0 Å². The highest BCUT2D eigenvalue weighted by Crippen LogP contribution is 2.24. The maximum absolute atomic E-state index is 9.65. The zero-order valence-electron chi connectivity index (χ0n) is 9.70. The second-order valence-corrected chi connectivity index (χ2v) is 4.90. The summed E-state index contributed by atoms with van der Waals surface area (Å²) in [6, 6.07) is 7.94. The second-order valence-electron chi connectivity index (χ2n) is 4.90. The number of rotatable bonds is 3. The van der Waals surface area contributed by atoms with Crippen LogP contribution in [0.3, 0.4) is 0 Å². The zero-order chi connectivity index (χ0) is 11.5. The van der Waals surface area contributed by atoms with Gasteiger partial charge in [0.25, 0.3) is 0 Å². The van der Waals surface area contributed by atoms with Crippen LogP contribution in [0, 0.1) is 0 Å². The van der Waals surface area contributed by atoms with Crippen molar-refractivity contribution in [3.63, 3.8) is 0 Å². The minimum absolute atomic E-state index is 0.0161. The van der Waals surface area contributed by atoms with E-state index in [0.29, 0.717) is 6.42 Å². The fraction of sp³-hybridized carbons (Fsp3) is 0.538. The molecule has 1 aromatic carbocycles. The van der Waals surface area contributed by atoms with Crippen molar-refractivity contribution in [1.82, 2.24) is 0 Å². The summed E-state index contributed by atoms with van der Waals surface area (Å²) in [6.07, 6.45) is -0.154. The average molecular weight is 208 g/mol. The molecule has 0 spiro atoms. The first kappa shape index (κ1) is 12.2. The van der Waals surface area contributed by atoms with Gasteiger partial charge in [0.05, 0.1) is 6.10 Å². The molecule has 0 radical (unpaired) electrons. The first-order chi connectivity index (χ1) is 6.95. The molecule has 1 unspecified atom stereocenters. The zero-order valence-corrected chi connectivity index (χ0v) is 9.70. The smallest absolute Gasteiger partial charge is 0.0811 e. The second kappa shape index (κ2) is 4.77. The Morgan fingerprint density at radius 1 is 1.13 bits per heavy atom. The fourth-order valence-electron chi connectivity index (χ4n) is 1.49. The maximum Gasteiger partial charge on any atom is 0.0811 e. The molecule has 0 aliphatic rings. The summed E-state index contributed by atoms with van der Waals surface area (Å²) in [5, 5.41) is 18.4. The van der Waals surface area contributed by atoms with E-state index in [1.54, 1.807) is 0 Å². The number of aliphatic hydroxyl groups excluding tert-OH is 2. The van der Waals surface area contributed by atoms with E-state index in [4.69, 9.17) is 5.11 Å². The van der Waals surface area contributed by atoms with Gasteiger partial charge in [-0.1, -0.05) is 45.0 Å². The van der Waals surface area contributed by atoms with Crippen molar-refractivity contribution in [1.29, 1.82) is 0 Å². The molecule has 0 amide bonds. The van der Waals surface area contributed by atoms with Crippen LogP contribution < -0.4 is 0 Å². The molecule has 0 saturated heterocycles. The summed E-state index contributed by atoms with van der Waals surface area (Å²) in [7, 11) is 0. The molecule has 2 heteroatoms. The van der Waals surface area contributed by atoms with Crippen molar-refractivity contribution in [3.8, 4) is 0 Å². The topological polar surface area (TPSA) is 40.5 Å². The van der Waals surface area contributed by atoms with E-state index in [1.807, 2.05) is 24.3 Å². The molecule has 0 aliphatic carbocycles. The summed E-state index contributed by atoms with van der Waals surface area (Å²) in [4.78, 5) is 0. The molecule has 0 saturated carbocycles. The average Bonchev–Trinajstić information content (AvgIpc) is 2.17. The molecule has 0 aromatic heterocycles. The van der Waals surface area contributed by atoms with Crippen molar-refractivity contribution in [2.75, 3.05) is 6.61 Å². The van der Waals surface area contributed by atoms with Crippen LogP contribution in [-0.4, -0.2) is 16.8 Å². The molecule has 1 rings (SSSR count). The molecule has 84 valence electrons. The van der Waals surface area contributed by atoms with Gasteiger partial charge in [0.1, 0.15) is 0 Å². The van der Waals surface area contributed by atoms with Crippen molar-refractivity contribution in [3.05, 3.63) is 35.4 Å². The lowest BCUT2D eigenvalue weighted by Gasteiger charge is -2.19. The summed E-state index contributed by atoms with van der Waals surface area (Å²) in [6.45, 7) is 6.49. The molecule has 0 bridgehead atoms. The van der Waals surface area contributed by atoms with Crippen LogP contribution in [-0.2, 0) is 5.41 Å². The van der Waals surface area contributed by atoms with E-state index in [-0.39, 0.29) is 12.0 Å². The van der Waals surface area contributed by atoms with Gasteiger partial charge >= 0.3 is 0 Å². The maximum atomic E-state index is 9.65. The van der Waals surface area contributed by atoms with E-state index in [1.165, 1.54) is 5.56 Å². The Morgan fingerprint density at radius 3 is 2.07 bits per heavy atom. The number of aliphatic hydroxyl groups is 2. The van der Waals surface area contributed by atoms with Crippen LogP contribution in [0.5, 0.6) is 0 Å². The largest absolute Gasteiger partial charge is 0.396 e. The minimum atomic E-state index is -0.552. The highest BCUT2D eigenvalue weighted by molar-refractivity contribution is 5.28. The third kappa shape index (κ3) is 3.33. The van der Waals surface area contributed by atoms with Crippen LogP contribution in [0.4, 0.5) is 0 Å². The van der Waals surface area contributed by atoms with Crippen molar-refractivity contribution >= 4 is 0 Å². The first-order valence-corrected chi connectivity index (χ1v) is 5.34. The molecule has 0 heterocycles. The molecular weight excluding hydrogens is 188 g/mol. The van der Waals surface area contributed by atoms with Gasteiger partial charge in [0.2, 0.25) is 0 Å². The van der Waals surface area contributed by atoms with Crippen LogP contribution in [0.15, 0.2) is 24.3 Å². The van der Waals surface area contributed by atoms with Gasteiger partial charge in [0, 0.05) is 13.0 Å². The molecule has 1 atom stereocenters. The number of hydrogen-bond acceptors (Lipinski definition) is 2. The minimum Gasteiger partial charge on any atom is -0.396 e. The monoisotopic (exact) mass is 208 g/mol. The fourth-order valence-corrected chi connectivity index (χ4v) is 1.49. The quantitative estimate of drug-likeness (QED) is 0.800. The summed E-state index contributed by atoms with van der Waals surface area (Å²) in [5.41, 5.74) is 2.26. The molecule has 0 aliphatic heterocycles. The Balaban J connectivity index is 2.81. The lowest BCUT2D eigenvalue weighted by Crippen LogP contribution is -2.11. The normalized spacial score (nSPS) is 13.9. The SMILES string of the molecule is CC(C)(C)c1ccc(C(O)CCO)cc1. The van der Waals surface area contributed by atoms with E-state index < -0.39 is 6.10 Å². The van der Waals surface area contributed by atoms with Gasteiger partial charge in [-0.2, -0.15) is 0 Å². The van der Waals surface area contributed by atoms with E-state index in [9.17, 15) is 5.11 Å². The highest BCUT2D eigenvalue weighted by atomic mass is 16.3. The van der Waals surface area contributed by atoms with Crippen LogP contribution in [0.2, 0.25) is 0 Å². The lowest BCUT2D eigenvalue weighted by atomic mass is 9.86. The predicted octanol–water partition coefficient (Wildman–Crippen LogP) is 2.40. The third-order valence-electron chi connectivity index (χ3n) is 2.56. The summed E-state index contributed by atoms with van der Waals surface area (Å²) in [5.74, 6) is 0. The van der Waals surface area contributed by atoms with Gasteiger partial charge in [-0.05, 0) is 16.5 Å². The first-order valence-electron chi connectivity index (χ1n) is 5.34. The van der Waals surface area contributed by atoms with Gasteiger partial charge in [0.15, 0.2) is 0 Å². The Bertz CT molecular complexity index is 295. The van der Waals surface area contributed by atoms with E-state index in [0.717, 1.165) is 5.56 Å². The van der Waals surface area contributed by atoms with Gasteiger partial charge in [-0.15, -0.1) is 0 Å². The van der Waals surface area contributed by atoms with Crippen molar-refractivity contribution in [2.45, 2.75) is 38.7 Å². The third-order valence-corrected chi connectivity index (χ3v) is 2.56. The molecule has 0 fully saturated rings. The van der Waals surface area contributed by atoms with Crippen molar-refractivity contribution < 1.29 is 10.2 Å². The van der Waals surface area contributed by atoms with Crippen molar-refractivity contribution in [2.24, 2.45) is 0 Å². The summed E-state index contributed by atoms with van der Waals surface area (Å²) < 4.78 is 0. The molecular formula is C13H20O2. The number of benzene rings is 1. The molecule has 2 nitrogen and oxygen atoms in total. The highest BCUT2D eigenvalue weighted by Gasteiger charge is 2.14. The summed E-state index contributed by atoms with van der Waals surface area (Å²) >= 11 is 0. The Kier molecular flexibility index (Phi) is 3.89. The lowest BCUT2D eigenvalue weighted by molar-refractivity contribution is 0.134. The Hall–Kier alpha value is -0.860. The predicted molar refractivity (Wildman–Crippen MR) is 61.8 cm³/mol. The molecule has 15 heavy (non-hydrogen) atoms. The molecule has 2 N–H and O–H groups in total. The van der Waals surface area contributed by atoms with E-state index in [2.05, 4.69) is 20.8 Å². The van der Waals surface area contributed by atoms with Gasteiger partial charge in [-0.3, -0.25) is 0 Å². The van der Waals surface area contributed by atoms with Gasteiger partial charge in [-0.25, -0.2) is 0 Å². The Labute approximate surface area is 91.6 Å². The number of hydrogen-bond donors (Lipinski definition) is 2. The standard InChI is InChI=1S/C13H20O2/c1-13(2,3)11-6-4-10(5-7-11)12(15)8-9-14/h4-7,12,14-15H,8-9H2,1-3H3. The Morgan fingerprint density at radius 2 is 1.67 bits per heavy atom. The van der Waals surface area contributed by atoms with Crippen LogP contribution in [0.25, 0.3) is 0 Å². The molecule has 1 aromatic rings.